The van der Waals surface area contributed by atoms with Crippen LogP contribution in [-0.4, -0.2) is 40.8 Å². The number of aliphatic hydroxyl groups is 1. The van der Waals surface area contributed by atoms with Gasteiger partial charge < -0.3 is 14.6 Å². The second-order valence-electron chi connectivity index (χ2n) is 9.23. The van der Waals surface area contributed by atoms with E-state index in [0.717, 1.165) is 24.0 Å². The summed E-state index contributed by atoms with van der Waals surface area (Å²) in [6.07, 6.45) is 4.16. The summed E-state index contributed by atoms with van der Waals surface area (Å²) >= 11 is 0. The molecule has 7 unspecified atom stereocenters. The van der Waals surface area contributed by atoms with Gasteiger partial charge in [-0.1, -0.05) is 32.9 Å². The van der Waals surface area contributed by atoms with Crippen molar-refractivity contribution in [1.82, 2.24) is 0 Å². The molecule has 0 amide bonds. The Labute approximate surface area is 168 Å². The molecular weight excluding hydrogens is 356 g/mol. The van der Waals surface area contributed by atoms with Crippen molar-refractivity contribution in [2.24, 2.45) is 17.8 Å². The van der Waals surface area contributed by atoms with Crippen LogP contribution in [0.2, 0.25) is 0 Å². The van der Waals surface area contributed by atoms with Crippen molar-refractivity contribution in [2.45, 2.75) is 90.1 Å². The highest BCUT2D eigenvalue weighted by molar-refractivity contribution is 6.02. The predicted octanol–water partition coefficient (Wildman–Crippen LogP) is 3.74. The Kier molecular flexibility index (Phi) is 6.16. The average molecular weight is 391 g/mol. The van der Waals surface area contributed by atoms with Crippen molar-refractivity contribution in [1.29, 1.82) is 0 Å². The van der Waals surface area contributed by atoms with Gasteiger partial charge in [0.1, 0.15) is 12.0 Å². The van der Waals surface area contributed by atoms with Gasteiger partial charge in [-0.25, -0.2) is 0 Å². The average Bonchev–Trinajstić information content (AvgIpc) is 2.92. The molecule has 0 aliphatic carbocycles. The van der Waals surface area contributed by atoms with E-state index in [0.29, 0.717) is 25.7 Å². The summed E-state index contributed by atoms with van der Waals surface area (Å²) in [6.45, 7) is 12.2. The maximum Gasteiger partial charge on any atom is 0.316 e. The molecular formula is C23H34O5. The van der Waals surface area contributed by atoms with Crippen LogP contribution in [0, 0.1) is 17.8 Å². The molecule has 4 aliphatic rings. The first-order valence-electron chi connectivity index (χ1n) is 10.6. The molecule has 7 atom stereocenters. The van der Waals surface area contributed by atoms with E-state index in [9.17, 15) is 14.7 Å². The number of ether oxygens (including phenoxy) is 2. The van der Waals surface area contributed by atoms with Crippen LogP contribution in [0.15, 0.2) is 23.8 Å². The fourth-order valence-electron chi connectivity index (χ4n) is 5.13. The number of hydrogen-bond acceptors (Lipinski definition) is 5. The SMILES string of the molecule is C=C1CC2OC(=O)C(CCC3(C)CC(C)C(O3)C(O)C=C1C)C(=O)C2CCC. The molecule has 5 nitrogen and oxygen atoms in total. The predicted molar refractivity (Wildman–Crippen MR) is 107 cm³/mol. The third-order valence-corrected chi connectivity index (χ3v) is 6.77. The highest BCUT2D eigenvalue weighted by Crippen LogP contribution is 2.42. The molecule has 2 fully saturated rings. The van der Waals surface area contributed by atoms with Gasteiger partial charge in [-0.2, -0.15) is 0 Å². The molecule has 0 aromatic rings. The third-order valence-electron chi connectivity index (χ3n) is 6.77. The largest absolute Gasteiger partial charge is 0.461 e. The summed E-state index contributed by atoms with van der Waals surface area (Å²) in [5, 5.41) is 10.7. The Morgan fingerprint density at radius 1 is 1.36 bits per heavy atom. The third kappa shape index (κ3) is 4.11. The zero-order valence-electron chi connectivity index (χ0n) is 17.6. The number of hydrogen-bond donors (Lipinski definition) is 1. The zero-order chi connectivity index (χ0) is 20.6. The molecule has 4 heterocycles. The van der Waals surface area contributed by atoms with Gasteiger partial charge in [0, 0.05) is 6.42 Å². The van der Waals surface area contributed by atoms with E-state index < -0.39 is 29.7 Å². The number of aliphatic hydroxyl groups excluding tert-OH is 1. The minimum atomic E-state index is -0.708. The number of Topliss-reactive ketones (excluding diaryl/α,β-unsaturated/α-hetero) is 1. The second kappa shape index (κ2) is 8.11. The van der Waals surface area contributed by atoms with Crippen LogP contribution in [0.25, 0.3) is 0 Å². The highest BCUT2D eigenvalue weighted by Gasteiger charge is 2.48. The van der Waals surface area contributed by atoms with Crippen LogP contribution in [0.3, 0.4) is 0 Å². The van der Waals surface area contributed by atoms with E-state index in [-0.39, 0.29) is 23.7 Å². The first-order chi connectivity index (χ1) is 13.1. The van der Waals surface area contributed by atoms with Crippen molar-refractivity contribution in [3.8, 4) is 0 Å². The first kappa shape index (κ1) is 21.3. The van der Waals surface area contributed by atoms with Gasteiger partial charge in [-0.15, -0.1) is 0 Å². The van der Waals surface area contributed by atoms with Crippen LogP contribution >= 0.6 is 0 Å². The van der Waals surface area contributed by atoms with Gasteiger partial charge in [0.15, 0.2) is 5.78 Å². The molecule has 2 saturated heterocycles. The van der Waals surface area contributed by atoms with E-state index in [4.69, 9.17) is 9.47 Å². The van der Waals surface area contributed by atoms with Gasteiger partial charge in [0.25, 0.3) is 0 Å². The van der Waals surface area contributed by atoms with Crippen molar-refractivity contribution in [3.05, 3.63) is 23.8 Å². The Morgan fingerprint density at radius 3 is 2.75 bits per heavy atom. The minimum Gasteiger partial charge on any atom is -0.461 e. The van der Waals surface area contributed by atoms with E-state index in [1.54, 1.807) is 6.08 Å². The lowest BCUT2D eigenvalue weighted by atomic mass is 9.77. The molecule has 28 heavy (non-hydrogen) atoms. The van der Waals surface area contributed by atoms with Gasteiger partial charge >= 0.3 is 5.97 Å². The fraction of sp³-hybridized carbons (Fsp3) is 0.739. The molecule has 0 aromatic carbocycles. The lowest BCUT2D eigenvalue weighted by Gasteiger charge is -2.36. The number of carbonyl (C=O) groups is 2. The van der Waals surface area contributed by atoms with Gasteiger partial charge in [0.2, 0.25) is 0 Å². The van der Waals surface area contributed by atoms with Crippen molar-refractivity contribution < 1.29 is 24.2 Å². The molecule has 0 radical (unpaired) electrons. The van der Waals surface area contributed by atoms with Gasteiger partial charge in [-0.3, -0.25) is 9.59 Å². The topological polar surface area (TPSA) is 72.8 Å². The normalized spacial score (nSPS) is 42.2. The second-order valence-corrected chi connectivity index (χ2v) is 9.23. The molecule has 156 valence electrons. The van der Waals surface area contributed by atoms with Crippen LogP contribution in [-0.2, 0) is 19.1 Å². The van der Waals surface area contributed by atoms with Gasteiger partial charge in [0.05, 0.1) is 23.7 Å². The van der Waals surface area contributed by atoms with E-state index >= 15 is 0 Å². The Hall–Kier alpha value is -1.46. The number of rotatable bonds is 2. The summed E-state index contributed by atoms with van der Waals surface area (Å²) in [5.41, 5.74) is 1.19. The number of fused-ring (bicyclic) bond motifs is 6. The minimum absolute atomic E-state index is 0.0147. The molecule has 0 spiro atoms. The summed E-state index contributed by atoms with van der Waals surface area (Å²) in [5.74, 6) is -1.19. The van der Waals surface area contributed by atoms with Crippen molar-refractivity contribution >= 4 is 11.8 Å². The monoisotopic (exact) mass is 390 g/mol. The lowest BCUT2D eigenvalue weighted by Crippen LogP contribution is -2.47. The molecule has 4 rings (SSSR count). The quantitative estimate of drug-likeness (QED) is 0.574. The number of allylic oxidation sites excluding steroid dienone is 1. The van der Waals surface area contributed by atoms with Gasteiger partial charge in [-0.05, 0) is 56.6 Å². The van der Waals surface area contributed by atoms with Crippen LogP contribution < -0.4 is 0 Å². The smallest absolute Gasteiger partial charge is 0.316 e. The number of esters is 1. The Morgan fingerprint density at radius 2 is 2.07 bits per heavy atom. The number of carbonyl (C=O) groups excluding carboxylic acids is 2. The summed E-state index contributed by atoms with van der Waals surface area (Å²) in [4.78, 5) is 25.8. The van der Waals surface area contributed by atoms with Crippen LogP contribution in [0.5, 0.6) is 0 Å². The molecule has 5 heteroatoms. The number of ketones is 1. The zero-order valence-corrected chi connectivity index (χ0v) is 17.6. The van der Waals surface area contributed by atoms with Crippen molar-refractivity contribution in [3.63, 3.8) is 0 Å². The van der Waals surface area contributed by atoms with E-state index in [1.165, 1.54) is 0 Å². The Bertz CT molecular complexity index is 680. The first-order valence-corrected chi connectivity index (χ1v) is 10.6. The maximum atomic E-state index is 13.2. The maximum absolute atomic E-state index is 13.2. The standard InChI is InChI=1S/C23H34O5/c1-6-7-16-19-11-14(3)13(2)10-18(24)21-15(4)12-23(5,28-21)9-8-17(20(16)25)22(26)27-19/h10,15-19,21,24H,3,6-9,11-12H2,1-2,4-5H3. The molecule has 1 N–H and O–H groups in total. The molecule has 0 aromatic heterocycles. The highest BCUT2D eigenvalue weighted by atomic mass is 16.5. The summed E-state index contributed by atoms with van der Waals surface area (Å²) in [7, 11) is 0. The van der Waals surface area contributed by atoms with E-state index in [2.05, 4.69) is 13.5 Å². The summed E-state index contributed by atoms with van der Waals surface area (Å²) < 4.78 is 12.0. The van der Waals surface area contributed by atoms with Crippen LogP contribution in [0.4, 0.5) is 0 Å². The Balaban J connectivity index is 1.97. The summed E-state index contributed by atoms with van der Waals surface area (Å²) in [6, 6.07) is 0. The van der Waals surface area contributed by atoms with Crippen molar-refractivity contribution in [2.75, 3.05) is 0 Å². The molecule has 0 saturated carbocycles. The van der Waals surface area contributed by atoms with Crippen LogP contribution in [0.1, 0.15) is 66.2 Å². The fourth-order valence-corrected chi connectivity index (χ4v) is 5.13. The molecule has 4 bridgehead atoms. The lowest BCUT2D eigenvalue weighted by molar-refractivity contribution is -0.172. The molecule has 4 aliphatic heterocycles. The van der Waals surface area contributed by atoms with E-state index in [1.807, 2.05) is 20.8 Å².